The van der Waals surface area contributed by atoms with Gasteiger partial charge < -0.3 is 19.5 Å². The van der Waals surface area contributed by atoms with Crippen LogP contribution in [0.2, 0.25) is 0 Å². The zero-order valence-electron chi connectivity index (χ0n) is 13.4. The van der Waals surface area contributed by atoms with Crippen LogP contribution in [0.3, 0.4) is 0 Å². The first kappa shape index (κ1) is 16.1. The summed E-state index contributed by atoms with van der Waals surface area (Å²) < 4.78 is 16.7. The third kappa shape index (κ3) is 5.94. The molecule has 0 bridgehead atoms. The molecule has 0 radical (unpaired) electrons. The summed E-state index contributed by atoms with van der Waals surface area (Å²) in [6.07, 6.45) is 2.60. The fourth-order valence-corrected chi connectivity index (χ4v) is 2.02. The third-order valence-electron chi connectivity index (χ3n) is 3.34. The van der Waals surface area contributed by atoms with Crippen molar-refractivity contribution < 1.29 is 14.2 Å². The van der Waals surface area contributed by atoms with E-state index in [4.69, 9.17) is 14.2 Å². The Hall–Kier alpha value is -1.26. The molecule has 0 aliphatic heterocycles. The van der Waals surface area contributed by atoms with Crippen molar-refractivity contribution in [1.29, 1.82) is 0 Å². The maximum atomic E-state index is 5.73. The van der Waals surface area contributed by atoms with Crippen LogP contribution in [0, 0.1) is 5.92 Å². The molecule has 1 N–H and O–H groups in total. The highest BCUT2D eigenvalue weighted by molar-refractivity contribution is 5.43. The highest BCUT2D eigenvalue weighted by atomic mass is 16.5. The summed E-state index contributed by atoms with van der Waals surface area (Å²) in [5, 5.41) is 3.50. The van der Waals surface area contributed by atoms with E-state index in [0.717, 1.165) is 24.7 Å². The smallest absolute Gasteiger partial charge is 0.161 e. The van der Waals surface area contributed by atoms with Crippen molar-refractivity contribution in [2.24, 2.45) is 5.92 Å². The van der Waals surface area contributed by atoms with E-state index in [9.17, 15) is 0 Å². The number of rotatable bonds is 10. The van der Waals surface area contributed by atoms with E-state index in [0.29, 0.717) is 25.2 Å². The molecule has 0 heterocycles. The predicted octanol–water partition coefficient (Wildman–Crippen LogP) is 3.00. The van der Waals surface area contributed by atoms with Crippen LogP contribution in [0.15, 0.2) is 18.2 Å². The van der Waals surface area contributed by atoms with Crippen molar-refractivity contribution in [3.05, 3.63) is 23.8 Å². The Kier molecular flexibility index (Phi) is 6.33. The fraction of sp³-hybridized carbons (Fsp3) is 0.647. The minimum absolute atomic E-state index is 0.544. The molecule has 4 nitrogen and oxygen atoms in total. The molecule has 0 saturated heterocycles. The lowest BCUT2D eigenvalue weighted by atomic mass is 10.2. The number of hydrogen-bond donors (Lipinski definition) is 1. The van der Waals surface area contributed by atoms with E-state index in [1.165, 1.54) is 18.4 Å². The van der Waals surface area contributed by atoms with Gasteiger partial charge in [-0.15, -0.1) is 0 Å². The lowest BCUT2D eigenvalue weighted by molar-refractivity contribution is 0.0811. The number of hydrogen-bond acceptors (Lipinski definition) is 4. The molecule has 0 unspecified atom stereocenters. The quantitative estimate of drug-likeness (QED) is 0.673. The Balaban J connectivity index is 1.78. The molecule has 1 aromatic carbocycles. The average Bonchev–Trinajstić information content (AvgIpc) is 3.29. The molecule has 1 fully saturated rings. The van der Waals surface area contributed by atoms with E-state index in [1.54, 1.807) is 7.11 Å². The number of methoxy groups -OCH3 is 1. The van der Waals surface area contributed by atoms with Crippen LogP contribution in [0.4, 0.5) is 0 Å². The van der Waals surface area contributed by atoms with Gasteiger partial charge in [-0.05, 0) is 36.5 Å². The highest BCUT2D eigenvalue weighted by Gasteiger charge is 2.20. The van der Waals surface area contributed by atoms with Gasteiger partial charge in [-0.2, -0.15) is 0 Å². The zero-order valence-corrected chi connectivity index (χ0v) is 13.4. The van der Waals surface area contributed by atoms with Crippen LogP contribution >= 0.6 is 0 Å². The molecular formula is C17H27NO3. The molecule has 0 aromatic heterocycles. The standard InChI is InChI=1S/C17H27NO3/c1-13(2)12-20-8-9-21-16-7-4-14(10-17(16)19-3)11-18-15-5-6-15/h4,7,10,13,15,18H,5-6,8-9,11-12H2,1-3H3. The van der Waals surface area contributed by atoms with Crippen molar-refractivity contribution in [2.45, 2.75) is 39.3 Å². The molecule has 1 aliphatic rings. The topological polar surface area (TPSA) is 39.7 Å². The Bertz CT molecular complexity index is 430. The van der Waals surface area contributed by atoms with Crippen LogP contribution in [-0.2, 0) is 11.3 Å². The van der Waals surface area contributed by atoms with E-state index in [-0.39, 0.29) is 0 Å². The van der Waals surface area contributed by atoms with Crippen molar-refractivity contribution in [2.75, 3.05) is 26.9 Å². The lowest BCUT2D eigenvalue weighted by Gasteiger charge is -2.13. The van der Waals surface area contributed by atoms with Gasteiger partial charge in [0.2, 0.25) is 0 Å². The molecule has 0 amide bonds. The second kappa shape index (κ2) is 8.25. The SMILES string of the molecule is COc1cc(CNC2CC2)ccc1OCCOCC(C)C. The molecule has 1 aromatic rings. The first-order chi connectivity index (χ1) is 10.2. The van der Waals surface area contributed by atoms with Gasteiger partial charge in [0.25, 0.3) is 0 Å². The molecular weight excluding hydrogens is 266 g/mol. The first-order valence-electron chi connectivity index (χ1n) is 7.80. The Morgan fingerprint density at radius 1 is 1.19 bits per heavy atom. The van der Waals surface area contributed by atoms with Crippen LogP contribution in [0.1, 0.15) is 32.3 Å². The van der Waals surface area contributed by atoms with Crippen LogP contribution < -0.4 is 14.8 Å². The number of nitrogens with one attached hydrogen (secondary N) is 1. The van der Waals surface area contributed by atoms with Crippen LogP contribution in [0.5, 0.6) is 11.5 Å². The molecule has 118 valence electrons. The first-order valence-corrected chi connectivity index (χ1v) is 7.80. The van der Waals surface area contributed by atoms with Gasteiger partial charge in [0.1, 0.15) is 6.61 Å². The maximum absolute atomic E-state index is 5.73. The zero-order chi connectivity index (χ0) is 15.1. The van der Waals surface area contributed by atoms with E-state index < -0.39 is 0 Å². The molecule has 1 aliphatic carbocycles. The summed E-state index contributed by atoms with van der Waals surface area (Å²) in [7, 11) is 1.68. The van der Waals surface area contributed by atoms with Crippen molar-refractivity contribution in [1.82, 2.24) is 5.32 Å². The van der Waals surface area contributed by atoms with Gasteiger partial charge in [0, 0.05) is 19.2 Å². The second-order valence-corrected chi connectivity index (χ2v) is 5.96. The summed E-state index contributed by atoms with van der Waals surface area (Å²) in [5.41, 5.74) is 1.22. The molecule has 0 atom stereocenters. The Morgan fingerprint density at radius 2 is 2.00 bits per heavy atom. The molecule has 4 heteroatoms. The van der Waals surface area contributed by atoms with Gasteiger partial charge in [0.15, 0.2) is 11.5 Å². The minimum Gasteiger partial charge on any atom is -0.493 e. The average molecular weight is 293 g/mol. The van der Waals surface area contributed by atoms with E-state index >= 15 is 0 Å². The van der Waals surface area contributed by atoms with Gasteiger partial charge in [0.05, 0.1) is 13.7 Å². The molecule has 0 spiro atoms. The van der Waals surface area contributed by atoms with Gasteiger partial charge in [-0.1, -0.05) is 19.9 Å². The van der Waals surface area contributed by atoms with Gasteiger partial charge in [-0.25, -0.2) is 0 Å². The number of ether oxygens (including phenoxy) is 3. The van der Waals surface area contributed by atoms with Crippen LogP contribution in [0.25, 0.3) is 0 Å². The fourth-order valence-electron chi connectivity index (χ4n) is 2.02. The third-order valence-corrected chi connectivity index (χ3v) is 3.34. The lowest BCUT2D eigenvalue weighted by Crippen LogP contribution is -2.15. The monoisotopic (exact) mass is 293 g/mol. The summed E-state index contributed by atoms with van der Waals surface area (Å²) >= 11 is 0. The summed E-state index contributed by atoms with van der Waals surface area (Å²) in [6, 6.07) is 6.82. The van der Waals surface area contributed by atoms with Crippen molar-refractivity contribution in [3.8, 4) is 11.5 Å². The summed E-state index contributed by atoms with van der Waals surface area (Å²) in [5.74, 6) is 2.12. The van der Waals surface area contributed by atoms with Gasteiger partial charge >= 0.3 is 0 Å². The maximum Gasteiger partial charge on any atom is 0.161 e. The van der Waals surface area contributed by atoms with Gasteiger partial charge in [-0.3, -0.25) is 0 Å². The summed E-state index contributed by atoms with van der Waals surface area (Å²) in [6.45, 7) is 7.08. The predicted molar refractivity (Wildman–Crippen MR) is 84.0 cm³/mol. The highest BCUT2D eigenvalue weighted by Crippen LogP contribution is 2.28. The second-order valence-electron chi connectivity index (χ2n) is 5.96. The van der Waals surface area contributed by atoms with E-state index in [1.807, 2.05) is 12.1 Å². The molecule has 2 rings (SSSR count). The Labute approximate surface area is 127 Å². The molecule has 1 saturated carbocycles. The minimum atomic E-state index is 0.544. The largest absolute Gasteiger partial charge is 0.493 e. The van der Waals surface area contributed by atoms with Crippen LogP contribution in [-0.4, -0.2) is 33.0 Å². The summed E-state index contributed by atoms with van der Waals surface area (Å²) in [4.78, 5) is 0. The van der Waals surface area contributed by atoms with Crippen molar-refractivity contribution >= 4 is 0 Å². The normalized spacial score (nSPS) is 14.5. The number of benzene rings is 1. The Morgan fingerprint density at radius 3 is 2.67 bits per heavy atom. The van der Waals surface area contributed by atoms with Crippen molar-refractivity contribution in [3.63, 3.8) is 0 Å². The van der Waals surface area contributed by atoms with E-state index in [2.05, 4.69) is 25.2 Å². The molecule has 21 heavy (non-hydrogen) atoms.